The molecule has 1 rings (SSSR count). The van der Waals surface area contributed by atoms with Gasteiger partial charge < -0.3 is 9.84 Å². The number of hydrogen-bond acceptors (Lipinski definition) is 3. The maximum Gasteiger partial charge on any atom is 0.401 e. The van der Waals surface area contributed by atoms with Crippen molar-refractivity contribution in [3.8, 4) is 0 Å². The second-order valence-corrected chi connectivity index (χ2v) is 3.59. The van der Waals surface area contributed by atoms with E-state index >= 15 is 0 Å². The van der Waals surface area contributed by atoms with Crippen molar-refractivity contribution in [3.05, 3.63) is 17.5 Å². The lowest BCUT2D eigenvalue weighted by Gasteiger charge is -2.05. The van der Waals surface area contributed by atoms with Crippen LogP contribution in [-0.2, 0) is 6.54 Å². The molecule has 86 valence electrons. The number of halogens is 3. The van der Waals surface area contributed by atoms with Crippen LogP contribution >= 0.6 is 0 Å². The third-order valence-electron chi connectivity index (χ3n) is 1.78. The normalized spacial score (nSPS) is 12.4. The minimum absolute atomic E-state index is 0.0652. The van der Waals surface area contributed by atoms with E-state index in [-0.39, 0.29) is 12.5 Å². The summed E-state index contributed by atoms with van der Waals surface area (Å²) in [5, 5.41) is 5.90. The Balaban J connectivity index is 2.38. The molecule has 0 aliphatic carbocycles. The fourth-order valence-electron chi connectivity index (χ4n) is 1.02. The van der Waals surface area contributed by atoms with E-state index < -0.39 is 12.7 Å². The molecular formula is C9H13F3N2O. The molecule has 0 radical (unpaired) electrons. The molecule has 3 nitrogen and oxygen atoms in total. The van der Waals surface area contributed by atoms with E-state index in [2.05, 4.69) is 10.5 Å². The van der Waals surface area contributed by atoms with Gasteiger partial charge in [0.25, 0.3) is 0 Å². The molecule has 1 heterocycles. The van der Waals surface area contributed by atoms with Gasteiger partial charge in [-0.1, -0.05) is 19.0 Å². The molecule has 1 aromatic rings. The highest BCUT2D eigenvalue weighted by Crippen LogP contribution is 2.15. The maximum atomic E-state index is 11.8. The molecule has 0 spiro atoms. The third kappa shape index (κ3) is 4.33. The second-order valence-electron chi connectivity index (χ2n) is 3.59. The van der Waals surface area contributed by atoms with Crippen molar-refractivity contribution in [1.29, 1.82) is 0 Å². The summed E-state index contributed by atoms with van der Waals surface area (Å²) >= 11 is 0. The summed E-state index contributed by atoms with van der Waals surface area (Å²) in [7, 11) is 0. The lowest BCUT2D eigenvalue weighted by molar-refractivity contribution is -0.125. The van der Waals surface area contributed by atoms with E-state index in [9.17, 15) is 13.2 Å². The van der Waals surface area contributed by atoms with Gasteiger partial charge in [-0.25, -0.2) is 0 Å². The van der Waals surface area contributed by atoms with Crippen molar-refractivity contribution in [2.45, 2.75) is 32.5 Å². The van der Waals surface area contributed by atoms with Gasteiger partial charge in [-0.05, 0) is 0 Å². The number of hydrogen-bond donors (Lipinski definition) is 1. The van der Waals surface area contributed by atoms with E-state index in [4.69, 9.17) is 4.52 Å². The van der Waals surface area contributed by atoms with Crippen LogP contribution in [0.2, 0.25) is 0 Å². The maximum absolute atomic E-state index is 11.8. The van der Waals surface area contributed by atoms with Crippen LogP contribution in [0.1, 0.15) is 31.2 Å². The van der Waals surface area contributed by atoms with Crippen molar-refractivity contribution in [1.82, 2.24) is 10.5 Å². The van der Waals surface area contributed by atoms with Crippen LogP contribution in [-0.4, -0.2) is 17.9 Å². The monoisotopic (exact) mass is 222 g/mol. The summed E-state index contributed by atoms with van der Waals surface area (Å²) in [5.74, 6) is 0.868. The van der Waals surface area contributed by atoms with Crippen LogP contribution in [0.5, 0.6) is 0 Å². The highest BCUT2D eigenvalue weighted by atomic mass is 19.4. The number of rotatable bonds is 4. The highest BCUT2D eigenvalue weighted by Gasteiger charge is 2.26. The molecule has 0 unspecified atom stereocenters. The van der Waals surface area contributed by atoms with Gasteiger partial charge >= 0.3 is 6.18 Å². The Morgan fingerprint density at radius 3 is 2.60 bits per heavy atom. The summed E-state index contributed by atoms with van der Waals surface area (Å²) in [4.78, 5) is 0. The third-order valence-corrected chi connectivity index (χ3v) is 1.78. The smallest absolute Gasteiger partial charge is 0.361 e. The van der Waals surface area contributed by atoms with Crippen LogP contribution in [0.3, 0.4) is 0 Å². The summed E-state index contributed by atoms with van der Waals surface area (Å²) in [5.41, 5.74) is 0.489. The van der Waals surface area contributed by atoms with Crippen LogP contribution < -0.4 is 5.32 Å². The molecule has 0 amide bonds. The molecule has 0 saturated heterocycles. The molecule has 0 aromatic carbocycles. The Labute approximate surface area is 85.6 Å². The van der Waals surface area contributed by atoms with Gasteiger partial charge in [-0.3, -0.25) is 0 Å². The topological polar surface area (TPSA) is 38.1 Å². The highest BCUT2D eigenvalue weighted by molar-refractivity contribution is 5.08. The van der Waals surface area contributed by atoms with Gasteiger partial charge in [0.1, 0.15) is 5.76 Å². The van der Waals surface area contributed by atoms with Crippen molar-refractivity contribution in [2.75, 3.05) is 6.54 Å². The van der Waals surface area contributed by atoms with Crippen molar-refractivity contribution < 1.29 is 17.7 Å². The van der Waals surface area contributed by atoms with Crippen LogP contribution in [0.4, 0.5) is 13.2 Å². The number of alkyl halides is 3. The molecule has 0 atom stereocenters. The molecule has 1 N–H and O–H groups in total. The minimum Gasteiger partial charge on any atom is -0.361 e. The van der Waals surface area contributed by atoms with E-state index in [0.29, 0.717) is 11.5 Å². The van der Waals surface area contributed by atoms with Gasteiger partial charge in [0, 0.05) is 18.5 Å². The average molecular weight is 222 g/mol. The molecule has 0 aliphatic rings. The Morgan fingerprint density at radius 1 is 1.47 bits per heavy atom. The first kappa shape index (κ1) is 12.0. The number of aromatic nitrogens is 1. The van der Waals surface area contributed by atoms with Gasteiger partial charge in [0.15, 0.2) is 0 Å². The van der Waals surface area contributed by atoms with E-state index in [1.54, 1.807) is 6.07 Å². The molecule has 0 aliphatic heterocycles. The van der Waals surface area contributed by atoms with Crippen LogP contribution in [0.25, 0.3) is 0 Å². The molecule has 0 bridgehead atoms. The van der Waals surface area contributed by atoms with Crippen molar-refractivity contribution >= 4 is 0 Å². The molecule has 15 heavy (non-hydrogen) atoms. The zero-order valence-electron chi connectivity index (χ0n) is 8.56. The second kappa shape index (κ2) is 4.65. The van der Waals surface area contributed by atoms with Crippen LogP contribution in [0, 0.1) is 0 Å². The molecule has 0 saturated carbocycles. The van der Waals surface area contributed by atoms with E-state index in [1.807, 2.05) is 13.8 Å². The zero-order chi connectivity index (χ0) is 11.5. The van der Waals surface area contributed by atoms with Gasteiger partial charge in [0.05, 0.1) is 12.2 Å². The minimum atomic E-state index is -4.19. The lowest BCUT2D eigenvalue weighted by atomic mass is 10.1. The molecule has 1 aromatic heterocycles. The quantitative estimate of drug-likeness (QED) is 0.850. The van der Waals surface area contributed by atoms with E-state index in [1.165, 1.54) is 0 Å². The fraction of sp³-hybridized carbons (Fsp3) is 0.667. The van der Waals surface area contributed by atoms with Crippen LogP contribution in [0.15, 0.2) is 10.6 Å². The standard InChI is InChI=1S/C9H13F3N2O/c1-6(2)8-3-7(14-15-8)4-13-5-9(10,11)12/h3,6,13H,4-5H2,1-2H3. The van der Waals surface area contributed by atoms with E-state index in [0.717, 1.165) is 0 Å². The Morgan fingerprint density at radius 2 is 2.13 bits per heavy atom. The predicted molar refractivity (Wildman–Crippen MR) is 48.4 cm³/mol. The summed E-state index contributed by atoms with van der Waals surface area (Å²) in [6, 6.07) is 1.66. The van der Waals surface area contributed by atoms with Gasteiger partial charge in [-0.2, -0.15) is 13.2 Å². The summed E-state index contributed by atoms with van der Waals surface area (Å²) in [6.45, 7) is 2.90. The Kier molecular flexibility index (Phi) is 3.73. The predicted octanol–water partition coefficient (Wildman–Crippen LogP) is 2.45. The Bertz CT molecular complexity index is 307. The molecular weight excluding hydrogens is 209 g/mol. The first-order valence-corrected chi connectivity index (χ1v) is 4.61. The average Bonchev–Trinajstić information content (AvgIpc) is 2.50. The zero-order valence-corrected chi connectivity index (χ0v) is 8.56. The first-order chi connectivity index (χ1) is 6.88. The molecule has 6 heteroatoms. The molecule has 0 fully saturated rings. The Hall–Kier alpha value is -1.04. The largest absolute Gasteiger partial charge is 0.401 e. The SMILES string of the molecule is CC(C)c1cc(CNCC(F)(F)F)no1. The number of nitrogens with zero attached hydrogens (tertiary/aromatic N) is 1. The summed E-state index contributed by atoms with van der Waals surface area (Å²) in [6.07, 6.45) is -4.19. The number of nitrogens with one attached hydrogen (secondary N) is 1. The lowest BCUT2D eigenvalue weighted by Crippen LogP contribution is -2.28. The van der Waals surface area contributed by atoms with Crippen molar-refractivity contribution in [2.24, 2.45) is 0 Å². The fourth-order valence-corrected chi connectivity index (χ4v) is 1.02. The first-order valence-electron chi connectivity index (χ1n) is 4.61. The van der Waals surface area contributed by atoms with Gasteiger partial charge in [-0.15, -0.1) is 0 Å². The van der Waals surface area contributed by atoms with Crippen molar-refractivity contribution in [3.63, 3.8) is 0 Å². The van der Waals surface area contributed by atoms with Gasteiger partial charge in [0.2, 0.25) is 0 Å². The summed E-state index contributed by atoms with van der Waals surface area (Å²) < 4.78 is 40.3.